The second-order valence-corrected chi connectivity index (χ2v) is 20.5. The van der Waals surface area contributed by atoms with Crippen LogP contribution in [0.25, 0.3) is 0 Å². The molecule has 3 rings (SSSR count). The average molecular weight is 689 g/mol. The van der Waals surface area contributed by atoms with Crippen LogP contribution in [-0.2, 0) is 23.4 Å². The van der Waals surface area contributed by atoms with Crippen molar-refractivity contribution in [3.05, 3.63) is 97.6 Å². The molecule has 5 nitrogen and oxygen atoms in total. The Bertz CT molecular complexity index is 1310. The summed E-state index contributed by atoms with van der Waals surface area (Å²) in [6.45, 7) is 27.9. The fourth-order valence-corrected chi connectivity index (χ4v) is 12.4. The molecule has 270 valence electrons. The largest absolute Gasteiger partial charge is 0.459 e. The summed E-state index contributed by atoms with van der Waals surface area (Å²) in [4.78, 5) is 13.4. The highest BCUT2D eigenvalue weighted by atomic mass is 28.4. The summed E-state index contributed by atoms with van der Waals surface area (Å²) in [6, 6.07) is 21.7. The molecule has 6 heteroatoms. The van der Waals surface area contributed by atoms with Crippen molar-refractivity contribution in [2.75, 3.05) is 13.9 Å². The van der Waals surface area contributed by atoms with Gasteiger partial charge in [0.15, 0.2) is 0 Å². The van der Waals surface area contributed by atoms with Crippen LogP contribution in [0.3, 0.4) is 0 Å². The van der Waals surface area contributed by atoms with Crippen molar-refractivity contribution in [3.8, 4) is 0 Å². The molecule has 1 aliphatic carbocycles. The summed E-state index contributed by atoms with van der Waals surface area (Å²) < 4.78 is 25.4. The molecule has 0 heterocycles. The van der Waals surface area contributed by atoms with E-state index in [2.05, 4.69) is 121 Å². The van der Waals surface area contributed by atoms with Crippen LogP contribution in [-0.4, -0.2) is 46.5 Å². The molecule has 0 bridgehead atoms. The first-order valence-electron chi connectivity index (χ1n) is 18.1. The fourth-order valence-electron chi connectivity index (χ4n) is 7.66. The first-order chi connectivity index (χ1) is 23.1. The molecule has 6 atom stereocenters. The molecular weight excluding hydrogens is 625 g/mol. The Labute approximate surface area is 299 Å². The third-order valence-electron chi connectivity index (χ3n) is 10.3. The average Bonchev–Trinajstić information content (AvgIpc) is 3.05. The highest BCUT2D eigenvalue weighted by Crippen LogP contribution is 2.46. The molecule has 0 unspecified atom stereocenters. The van der Waals surface area contributed by atoms with Crippen molar-refractivity contribution >= 4 is 24.7 Å². The molecule has 49 heavy (non-hydrogen) atoms. The molecule has 0 aliphatic heterocycles. The van der Waals surface area contributed by atoms with Crippen molar-refractivity contribution in [3.63, 3.8) is 0 Å². The fraction of sp³-hybridized carbons (Fsp3) is 0.558. The van der Waals surface area contributed by atoms with Crippen molar-refractivity contribution in [2.24, 2.45) is 29.1 Å². The van der Waals surface area contributed by atoms with E-state index in [1.54, 1.807) is 13.2 Å². The number of esters is 1. The smallest absolute Gasteiger partial charge is 0.311 e. The molecule has 0 radical (unpaired) electrons. The zero-order chi connectivity index (χ0) is 36.4. The number of ether oxygens (including phenoxy) is 3. The van der Waals surface area contributed by atoms with Crippen LogP contribution in [0.1, 0.15) is 88.0 Å². The Morgan fingerprint density at radius 3 is 1.96 bits per heavy atom. The highest BCUT2D eigenvalue weighted by Gasteiger charge is 2.52. The molecule has 0 amide bonds. The van der Waals surface area contributed by atoms with Gasteiger partial charge < -0.3 is 18.6 Å². The third-order valence-corrected chi connectivity index (χ3v) is 15.4. The monoisotopic (exact) mass is 688 g/mol. The number of hydrogen-bond acceptors (Lipinski definition) is 5. The van der Waals surface area contributed by atoms with E-state index in [1.165, 1.54) is 15.9 Å². The van der Waals surface area contributed by atoms with Crippen LogP contribution in [0.5, 0.6) is 0 Å². The van der Waals surface area contributed by atoms with Gasteiger partial charge in [-0.1, -0.05) is 119 Å². The van der Waals surface area contributed by atoms with E-state index in [0.717, 1.165) is 19.3 Å². The quantitative estimate of drug-likeness (QED) is 0.0718. The topological polar surface area (TPSA) is 54.0 Å². The lowest BCUT2D eigenvalue weighted by atomic mass is 9.64. The molecular formula is C43H64O5Si. The molecule has 0 spiro atoms. The number of hydrogen-bond donors (Lipinski definition) is 0. The maximum Gasteiger partial charge on any atom is 0.311 e. The molecule has 0 fully saturated rings. The van der Waals surface area contributed by atoms with E-state index in [0.29, 0.717) is 18.3 Å². The van der Waals surface area contributed by atoms with E-state index in [9.17, 15) is 4.79 Å². The van der Waals surface area contributed by atoms with Crippen LogP contribution >= 0.6 is 0 Å². The van der Waals surface area contributed by atoms with Gasteiger partial charge in [0.25, 0.3) is 8.32 Å². The van der Waals surface area contributed by atoms with Crippen LogP contribution in [0, 0.1) is 29.1 Å². The first kappa shape index (κ1) is 40.7. The summed E-state index contributed by atoms with van der Waals surface area (Å²) in [5.41, 5.74) is 0.722. The van der Waals surface area contributed by atoms with Gasteiger partial charge in [-0.2, -0.15) is 0 Å². The minimum Gasteiger partial charge on any atom is -0.459 e. The lowest BCUT2D eigenvalue weighted by Crippen LogP contribution is -2.67. The number of carbonyl (C=O) groups excluding carboxylic acids is 1. The molecule has 0 aromatic heterocycles. The first-order valence-corrected chi connectivity index (χ1v) is 20.0. The van der Waals surface area contributed by atoms with Gasteiger partial charge in [-0.15, -0.1) is 13.2 Å². The second kappa shape index (κ2) is 17.9. The molecule has 1 aliphatic rings. The van der Waals surface area contributed by atoms with Crippen LogP contribution in [0.15, 0.2) is 97.6 Å². The van der Waals surface area contributed by atoms with Crippen molar-refractivity contribution in [1.29, 1.82) is 0 Å². The Hall–Kier alpha value is -2.77. The van der Waals surface area contributed by atoms with Gasteiger partial charge in [0.05, 0.1) is 5.41 Å². The zero-order valence-corrected chi connectivity index (χ0v) is 33.0. The van der Waals surface area contributed by atoms with Gasteiger partial charge in [0.2, 0.25) is 0 Å². The maximum atomic E-state index is 13.4. The summed E-state index contributed by atoms with van der Waals surface area (Å²) in [7, 11) is -1.21. The van der Waals surface area contributed by atoms with E-state index >= 15 is 0 Å². The van der Waals surface area contributed by atoms with E-state index in [-0.39, 0.29) is 35.7 Å². The van der Waals surface area contributed by atoms with Gasteiger partial charge >= 0.3 is 5.97 Å². The lowest BCUT2D eigenvalue weighted by Gasteiger charge is -2.47. The van der Waals surface area contributed by atoms with Gasteiger partial charge in [-0.05, 0) is 92.5 Å². The Morgan fingerprint density at radius 1 is 0.939 bits per heavy atom. The van der Waals surface area contributed by atoms with Crippen molar-refractivity contribution in [2.45, 2.75) is 111 Å². The van der Waals surface area contributed by atoms with Gasteiger partial charge in [0, 0.05) is 13.2 Å². The van der Waals surface area contributed by atoms with E-state index in [1.807, 2.05) is 26.8 Å². The molecule has 0 saturated carbocycles. The Kier molecular flexibility index (Phi) is 14.9. The van der Waals surface area contributed by atoms with E-state index in [4.69, 9.17) is 18.6 Å². The van der Waals surface area contributed by atoms with Crippen LogP contribution in [0.4, 0.5) is 0 Å². The van der Waals surface area contributed by atoms with Gasteiger partial charge in [0.1, 0.15) is 19.0 Å². The van der Waals surface area contributed by atoms with Gasteiger partial charge in [-0.3, -0.25) is 4.79 Å². The zero-order valence-electron chi connectivity index (χ0n) is 32.0. The summed E-state index contributed by atoms with van der Waals surface area (Å²) in [5, 5.41) is 2.40. The number of methoxy groups -OCH3 is 1. The Morgan fingerprint density at radius 2 is 1.51 bits per heavy atom. The van der Waals surface area contributed by atoms with Crippen molar-refractivity contribution in [1.82, 2.24) is 0 Å². The summed E-state index contributed by atoms with van der Waals surface area (Å²) >= 11 is 0. The van der Waals surface area contributed by atoms with Gasteiger partial charge in [-0.25, -0.2) is 0 Å². The minimum absolute atomic E-state index is 0.0684. The second-order valence-electron chi connectivity index (χ2n) is 16.2. The molecule has 0 saturated heterocycles. The summed E-state index contributed by atoms with van der Waals surface area (Å²) in [6.07, 6.45) is 8.34. The van der Waals surface area contributed by atoms with E-state index < -0.39 is 25.9 Å². The minimum atomic E-state index is -2.81. The normalized spacial score (nSPS) is 20.6. The molecule has 2 aromatic carbocycles. The standard InChI is InChI=1S/C43H64O5Si/c1-13-21-33(48-49(43(9,10)11,34-22-17-15-18-23-34)35-24-19-16-20-25-35)28-37-32(5)26-27-36(31(3)4)38(37)29-40(39(14-2)46-30-45-12)47-41(44)42(6,7)8/h13-20,22-26,31,33,36-40H,1-2,21,27-30H2,3-12H3/t33-,36-,37+,38-,39+,40+/m1/s1. The van der Waals surface area contributed by atoms with Crippen LogP contribution in [0.2, 0.25) is 5.04 Å². The number of benzene rings is 2. The lowest BCUT2D eigenvalue weighted by molar-refractivity contribution is -0.172. The highest BCUT2D eigenvalue weighted by molar-refractivity contribution is 6.99. The number of rotatable bonds is 17. The maximum absolute atomic E-state index is 13.4. The number of allylic oxidation sites excluding steroid dienone is 2. The number of carbonyl (C=O) groups is 1. The SMILES string of the molecule is C=CC[C@H](C[C@H]1C(C)=CC[C@H](C(C)C)[C@H]1C[C@H](OC(=O)C(C)(C)C)[C@H](C=C)OCOC)O[Si](c1ccccc1)(c1ccccc1)C(C)(C)C. The van der Waals surface area contributed by atoms with Crippen LogP contribution < -0.4 is 10.4 Å². The van der Waals surface area contributed by atoms with Crippen molar-refractivity contribution < 1.29 is 23.4 Å². The molecule has 2 aromatic rings. The molecule has 0 N–H and O–H groups in total. The predicted octanol–water partition coefficient (Wildman–Crippen LogP) is 9.28. The summed E-state index contributed by atoms with van der Waals surface area (Å²) in [5.74, 6) is 1.04. The predicted molar refractivity (Wildman–Crippen MR) is 207 cm³/mol. The third kappa shape index (κ3) is 10.2. The Balaban J connectivity index is 2.13.